The molecule has 0 aliphatic carbocycles. The minimum Gasteiger partial charge on any atom is -0.383 e. The van der Waals surface area contributed by atoms with Crippen LogP contribution < -0.4 is 5.32 Å². The van der Waals surface area contributed by atoms with E-state index >= 15 is 0 Å². The molecule has 1 aliphatic heterocycles. The van der Waals surface area contributed by atoms with Gasteiger partial charge >= 0.3 is 10.1 Å². The van der Waals surface area contributed by atoms with Crippen LogP contribution in [-0.2, 0) is 16.5 Å². The van der Waals surface area contributed by atoms with Gasteiger partial charge in [0.2, 0.25) is 0 Å². The van der Waals surface area contributed by atoms with Crippen molar-refractivity contribution in [2.75, 3.05) is 11.9 Å². The van der Waals surface area contributed by atoms with E-state index in [9.17, 15) is 8.42 Å². The number of anilines is 1. The van der Waals surface area contributed by atoms with Crippen molar-refractivity contribution in [3.05, 3.63) is 11.8 Å². The highest BCUT2D eigenvalue weighted by atomic mass is 32.2. The number of H-pyrrole nitrogens is 1. The van der Waals surface area contributed by atoms with Crippen LogP contribution in [0.2, 0.25) is 0 Å². The normalized spacial score (nSPS) is 15.8. The van der Waals surface area contributed by atoms with E-state index in [1.54, 1.807) is 0 Å². The van der Waals surface area contributed by atoms with Gasteiger partial charge in [-0.05, 0) is 0 Å². The Balaban J connectivity index is 2.51. The highest BCUT2D eigenvalue weighted by Gasteiger charge is 2.19. The molecule has 1 aromatic heterocycles. The first-order valence-electron chi connectivity index (χ1n) is 3.50. The fourth-order valence-corrected chi connectivity index (χ4v) is 1.81. The lowest BCUT2D eigenvalue weighted by atomic mass is 10.3. The Morgan fingerprint density at radius 1 is 1.50 bits per heavy atom. The summed E-state index contributed by atoms with van der Waals surface area (Å²) in [6, 6.07) is 1.40. The second-order valence-electron chi connectivity index (χ2n) is 2.68. The van der Waals surface area contributed by atoms with E-state index in [0.29, 0.717) is 0 Å². The zero-order valence-electron chi connectivity index (χ0n) is 6.16. The molecule has 0 spiro atoms. The van der Waals surface area contributed by atoms with E-state index in [1.165, 1.54) is 6.07 Å². The first kappa shape index (κ1) is 7.63. The Morgan fingerprint density at radius 3 is 2.83 bits per heavy atom. The van der Waals surface area contributed by atoms with Crippen LogP contribution in [-0.4, -0.2) is 24.5 Å². The van der Waals surface area contributed by atoms with Gasteiger partial charge in [-0.3, -0.25) is 4.55 Å². The fourth-order valence-electron chi connectivity index (χ4n) is 1.29. The lowest BCUT2D eigenvalue weighted by Crippen LogP contribution is -2.00. The summed E-state index contributed by atoms with van der Waals surface area (Å²) in [4.78, 5) is 2.63. The maximum Gasteiger partial charge on any atom is 0.310 e. The van der Waals surface area contributed by atoms with Crippen molar-refractivity contribution in [2.45, 2.75) is 11.4 Å². The number of aromatic amines is 1. The van der Waals surface area contributed by atoms with Crippen LogP contribution in [0, 0.1) is 0 Å². The Morgan fingerprint density at radius 2 is 2.25 bits per heavy atom. The van der Waals surface area contributed by atoms with Crippen LogP contribution in [0.15, 0.2) is 11.1 Å². The summed E-state index contributed by atoms with van der Waals surface area (Å²) in [6.45, 7) is 0.812. The van der Waals surface area contributed by atoms with E-state index in [-0.39, 0.29) is 5.03 Å². The Labute approximate surface area is 69.5 Å². The summed E-state index contributed by atoms with van der Waals surface area (Å²) in [5.74, 6) is 0. The molecule has 5 nitrogen and oxygen atoms in total. The second-order valence-corrected chi connectivity index (χ2v) is 4.07. The van der Waals surface area contributed by atoms with Crippen LogP contribution in [0.25, 0.3) is 0 Å². The molecule has 0 aromatic carbocycles. The molecule has 2 heterocycles. The van der Waals surface area contributed by atoms with Crippen LogP contribution >= 0.6 is 0 Å². The summed E-state index contributed by atoms with van der Waals surface area (Å²) in [6.07, 6.45) is 0.769. The van der Waals surface area contributed by atoms with Gasteiger partial charge in [-0.1, -0.05) is 0 Å². The molecule has 0 radical (unpaired) electrons. The quantitative estimate of drug-likeness (QED) is 0.551. The van der Waals surface area contributed by atoms with E-state index in [0.717, 1.165) is 24.3 Å². The summed E-state index contributed by atoms with van der Waals surface area (Å²) in [7, 11) is -4.08. The fraction of sp³-hybridized carbons (Fsp3) is 0.333. The Hall–Kier alpha value is -1.01. The lowest BCUT2D eigenvalue weighted by Gasteiger charge is -1.91. The summed E-state index contributed by atoms with van der Waals surface area (Å²) in [5, 5.41) is 2.85. The molecule has 66 valence electrons. The maximum atomic E-state index is 10.6. The number of nitrogens with one attached hydrogen (secondary N) is 2. The van der Waals surface area contributed by atoms with Crippen LogP contribution in [0.4, 0.5) is 5.69 Å². The average molecular weight is 188 g/mol. The third-order valence-corrected chi connectivity index (χ3v) is 2.62. The molecule has 0 unspecified atom stereocenters. The van der Waals surface area contributed by atoms with Crippen molar-refractivity contribution in [2.24, 2.45) is 0 Å². The number of hydrogen-bond acceptors (Lipinski definition) is 3. The molecule has 0 saturated heterocycles. The lowest BCUT2D eigenvalue weighted by molar-refractivity contribution is 0.479. The van der Waals surface area contributed by atoms with Gasteiger partial charge in [-0.15, -0.1) is 0 Å². The predicted molar refractivity (Wildman–Crippen MR) is 42.8 cm³/mol. The average Bonchev–Trinajstić information content (AvgIpc) is 2.37. The Bertz CT molecular complexity index is 385. The van der Waals surface area contributed by atoms with E-state index in [2.05, 4.69) is 10.3 Å². The molecular formula is C6H8N2O3S. The minimum absolute atomic E-state index is 0.139. The monoisotopic (exact) mass is 188 g/mol. The molecular weight excluding hydrogens is 180 g/mol. The van der Waals surface area contributed by atoms with Gasteiger partial charge in [0.05, 0.1) is 5.69 Å². The molecule has 2 rings (SSSR count). The standard InChI is InChI=1S/C6H8N2O3S/c9-12(10,11)6-3-5-4(8-6)1-2-7-5/h3,7-8H,1-2H2,(H,9,10,11). The van der Waals surface area contributed by atoms with Gasteiger partial charge in [0.15, 0.2) is 5.03 Å². The Kier molecular flexibility index (Phi) is 1.42. The molecule has 0 atom stereocenters. The molecule has 3 N–H and O–H groups in total. The van der Waals surface area contributed by atoms with Crippen molar-refractivity contribution < 1.29 is 13.0 Å². The zero-order valence-corrected chi connectivity index (χ0v) is 6.98. The molecule has 12 heavy (non-hydrogen) atoms. The zero-order chi connectivity index (χ0) is 8.77. The first-order chi connectivity index (χ1) is 5.57. The summed E-state index contributed by atoms with van der Waals surface area (Å²) >= 11 is 0. The highest BCUT2D eigenvalue weighted by molar-refractivity contribution is 7.85. The van der Waals surface area contributed by atoms with Gasteiger partial charge < -0.3 is 10.3 Å². The van der Waals surface area contributed by atoms with Crippen molar-refractivity contribution in [1.82, 2.24) is 4.98 Å². The van der Waals surface area contributed by atoms with E-state index in [4.69, 9.17) is 4.55 Å². The SMILES string of the molecule is O=S(=O)(O)c1cc2c([nH]1)CCN2. The van der Waals surface area contributed by atoms with Gasteiger partial charge in [-0.2, -0.15) is 8.42 Å². The summed E-state index contributed by atoms with van der Waals surface area (Å²) in [5.41, 5.74) is 1.60. The van der Waals surface area contributed by atoms with Crippen molar-refractivity contribution in [1.29, 1.82) is 0 Å². The predicted octanol–water partition coefficient (Wildman–Crippen LogP) is 0.229. The smallest absolute Gasteiger partial charge is 0.310 e. The number of fused-ring (bicyclic) bond motifs is 1. The molecule has 0 bridgehead atoms. The molecule has 1 aliphatic rings. The van der Waals surface area contributed by atoms with Crippen LogP contribution in [0.3, 0.4) is 0 Å². The molecule has 6 heteroatoms. The van der Waals surface area contributed by atoms with Crippen molar-refractivity contribution in [3.8, 4) is 0 Å². The molecule has 1 aromatic rings. The highest BCUT2D eigenvalue weighted by Crippen LogP contribution is 2.24. The second kappa shape index (κ2) is 2.24. The molecule has 0 fully saturated rings. The summed E-state index contributed by atoms with van der Waals surface area (Å²) < 4.78 is 29.9. The molecule has 0 saturated carbocycles. The number of rotatable bonds is 1. The number of aromatic nitrogens is 1. The minimum atomic E-state index is -4.08. The van der Waals surface area contributed by atoms with Gasteiger partial charge in [-0.25, -0.2) is 0 Å². The third kappa shape index (κ3) is 1.09. The number of hydrogen-bond donors (Lipinski definition) is 3. The topological polar surface area (TPSA) is 82.2 Å². The molecule has 0 amide bonds. The van der Waals surface area contributed by atoms with E-state index < -0.39 is 10.1 Å². The third-order valence-electron chi connectivity index (χ3n) is 1.84. The van der Waals surface area contributed by atoms with E-state index in [1.807, 2.05) is 0 Å². The largest absolute Gasteiger partial charge is 0.383 e. The van der Waals surface area contributed by atoms with Crippen molar-refractivity contribution in [3.63, 3.8) is 0 Å². The van der Waals surface area contributed by atoms with Crippen LogP contribution in [0.1, 0.15) is 5.69 Å². The van der Waals surface area contributed by atoms with Crippen LogP contribution in [0.5, 0.6) is 0 Å². The first-order valence-corrected chi connectivity index (χ1v) is 4.94. The van der Waals surface area contributed by atoms with Gasteiger partial charge in [0.25, 0.3) is 0 Å². The van der Waals surface area contributed by atoms with Gasteiger partial charge in [0, 0.05) is 24.7 Å². The van der Waals surface area contributed by atoms with Gasteiger partial charge in [0.1, 0.15) is 0 Å². The maximum absolute atomic E-state index is 10.6. The van der Waals surface area contributed by atoms with Crippen molar-refractivity contribution >= 4 is 15.8 Å².